The SMILES string of the molecule is CCNC(=NCCN(CC)CC)NCCc1c[nH]c2ccc(F)cc12.I. The van der Waals surface area contributed by atoms with Gasteiger partial charge in [0.05, 0.1) is 6.54 Å². The molecule has 0 fully saturated rings. The van der Waals surface area contributed by atoms with Gasteiger partial charge in [-0.25, -0.2) is 4.39 Å². The van der Waals surface area contributed by atoms with Gasteiger partial charge in [-0.15, -0.1) is 24.0 Å². The van der Waals surface area contributed by atoms with Crippen molar-refractivity contribution in [2.24, 2.45) is 4.99 Å². The van der Waals surface area contributed by atoms with Gasteiger partial charge < -0.3 is 20.5 Å². The summed E-state index contributed by atoms with van der Waals surface area (Å²) < 4.78 is 13.4. The van der Waals surface area contributed by atoms with E-state index in [0.717, 1.165) is 68.1 Å². The molecule has 0 atom stereocenters. The molecule has 1 aromatic heterocycles. The number of aliphatic imine (C=N–C) groups is 1. The lowest BCUT2D eigenvalue weighted by Crippen LogP contribution is -2.39. The first-order valence-corrected chi connectivity index (χ1v) is 9.17. The van der Waals surface area contributed by atoms with Crippen molar-refractivity contribution < 1.29 is 4.39 Å². The maximum atomic E-state index is 13.4. The summed E-state index contributed by atoms with van der Waals surface area (Å²) in [6.45, 7) is 11.8. The Bertz CT molecular complexity index is 682. The predicted octanol–water partition coefficient (Wildman–Crippen LogP) is 3.36. The molecule has 0 aliphatic heterocycles. The number of fused-ring (bicyclic) bond motifs is 1. The zero-order valence-corrected chi connectivity index (χ0v) is 18.3. The highest BCUT2D eigenvalue weighted by atomic mass is 127. The monoisotopic (exact) mass is 475 g/mol. The molecule has 0 amide bonds. The number of hydrogen-bond acceptors (Lipinski definition) is 2. The molecule has 0 bridgehead atoms. The number of H-pyrrole nitrogens is 1. The van der Waals surface area contributed by atoms with Crippen LogP contribution in [0.15, 0.2) is 29.4 Å². The molecule has 0 saturated carbocycles. The number of halogens is 2. The third-order valence-electron chi connectivity index (χ3n) is 4.34. The van der Waals surface area contributed by atoms with Crippen LogP contribution in [-0.2, 0) is 6.42 Å². The van der Waals surface area contributed by atoms with Gasteiger partial charge in [-0.2, -0.15) is 0 Å². The average molecular weight is 475 g/mol. The smallest absolute Gasteiger partial charge is 0.191 e. The molecule has 7 heteroatoms. The van der Waals surface area contributed by atoms with Crippen LogP contribution < -0.4 is 10.6 Å². The summed E-state index contributed by atoms with van der Waals surface area (Å²) in [6, 6.07) is 4.84. The Kier molecular flexibility index (Phi) is 10.6. The second-order valence-electron chi connectivity index (χ2n) is 5.97. The van der Waals surface area contributed by atoms with Crippen LogP contribution in [0.5, 0.6) is 0 Å². The van der Waals surface area contributed by atoms with E-state index >= 15 is 0 Å². The molecular weight excluding hydrogens is 444 g/mol. The van der Waals surface area contributed by atoms with Gasteiger partial charge in [0.15, 0.2) is 5.96 Å². The Morgan fingerprint density at radius 1 is 1.19 bits per heavy atom. The van der Waals surface area contributed by atoms with Crippen molar-refractivity contribution >= 4 is 40.8 Å². The van der Waals surface area contributed by atoms with E-state index in [1.807, 2.05) is 6.20 Å². The first-order valence-electron chi connectivity index (χ1n) is 9.17. The number of aromatic nitrogens is 1. The van der Waals surface area contributed by atoms with Crippen molar-refractivity contribution in [1.29, 1.82) is 0 Å². The Morgan fingerprint density at radius 3 is 2.65 bits per heavy atom. The first-order chi connectivity index (χ1) is 12.2. The molecule has 0 aliphatic carbocycles. The first kappa shape index (κ1) is 22.7. The van der Waals surface area contributed by atoms with Crippen LogP contribution in [0.3, 0.4) is 0 Å². The van der Waals surface area contributed by atoms with Crippen molar-refractivity contribution in [3.8, 4) is 0 Å². The predicted molar refractivity (Wildman–Crippen MR) is 119 cm³/mol. The second kappa shape index (κ2) is 12.1. The van der Waals surface area contributed by atoms with Crippen LogP contribution in [-0.4, -0.2) is 55.1 Å². The molecule has 2 aromatic rings. The molecule has 2 rings (SSSR count). The molecular formula is C19H31FIN5. The van der Waals surface area contributed by atoms with Crippen molar-refractivity contribution in [2.45, 2.75) is 27.2 Å². The standard InChI is InChI=1S/C19H30FN5.HI/c1-4-21-19(23-11-12-25(5-2)6-3)22-10-9-15-14-24-18-8-7-16(20)13-17(15)18;/h7-8,13-14,24H,4-6,9-12H2,1-3H3,(H2,21,22,23);1H. The minimum atomic E-state index is -0.201. The molecule has 0 aliphatic rings. The number of likely N-dealkylation sites (N-methyl/N-ethyl adjacent to an activating group) is 1. The molecule has 146 valence electrons. The molecule has 0 spiro atoms. The number of nitrogens with one attached hydrogen (secondary N) is 3. The maximum absolute atomic E-state index is 13.4. The highest BCUT2D eigenvalue weighted by Crippen LogP contribution is 2.19. The van der Waals surface area contributed by atoms with Gasteiger partial charge in [0.1, 0.15) is 5.82 Å². The third kappa shape index (κ3) is 6.75. The highest BCUT2D eigenvalue weighted by molar-refractivity contribution is 14.0. The van der Waals surface area contributed by atoms with Crippen LogP contribution in [0.4, 0.5) is 4.39 Å². The summed E-state index contributed by atoms with van der Waals surface area (Å²) >= 11 is 0. The number of aromatic amines is 1. The summed E-state index contributed by atoms with van der Waals surface area (Å²) in [4.78, 5) is 10.2. The summed E-state index contributed by atoms with van der Waals surface area (Å²) in [6.07, 6.45) is 2.76. The summed E-state index contributed by atoms with van der Waals surface area (Å²) in [5.74, 6) is 0.633. The summed E-state index contributed by atoms with van der Waals surface area (Å²) in [7, 11) is 0. The molecule has 0 unspecified atom stereocenters. The lowest BCUT2D eigenvalue weighted by atomic mass is 10.1. The number of benzene rings is 1. The quantitative estimate of drug-likeness (QED) is 0.296. The number of guanidine groups is 1. The minimum absolute atomic E-state index is 0. The zero-order chi connectivity index (χ0) is 18.1. The summed E-state index contributed by atoms with van der Waals surface area (Å²) in [5, 5.41) is 7.58. The molecule has 3 N–H and O–H groups in total. The van der Waals surface area contributed by atoms with E-state index < -0.39 is 0 Å². The topological polar surface area (TPSA) is 55.5 Å². The van der Waals surface area contributed by atoms with Gasteiger partial charge in [0, 0.05) is 36.7 Å². The van der Waals surface area contributed by atoms with Gasteiger partial charge in [-0.05, 0) is 50.2 Å². The van der Waals surface area contributed by atoms with Gasteiger partial charge in [0.2, 0.25) is 0 Å². The van der Waals surface area contributed by atoms with Crippen LogP contribution in [0.2, 0.25) is 0 Å². The Morgan fingerprint density at radius 2 is 1.96 bits per heavy atom. The fourth-order valence-corrected chi connectivity index (χ4v) is 2.86. The van der Waals surface area contributed by atoms with E-state index in [2.05, 4.69) is 46.3 Å². The van der Waals surface area contributed by atoms with E-state index in [0.29, 0.717) is 0 Å². The number of rotatable bonds is 9. The van der Waals surface area contributed by atoms with Gasteiger partial charge >= 0.3 is 0 Å². The van der Waals surface area contributed by atoms with Gasteiger partial charge in [-0.3, -0.25) is 4.99 Å². The van der Waals surface area contributed by atoms with Crippen molar-refractivity contribution in [2.75, 3.05) is 39.3 Å². The van der Waals surface area contributed by atoms with Crippen molar-refractivity contribution in [3.05, 3.63) is 35.8 Å². The fourth-order valence-electron chi connectivity index (χ4n) is 2.86. The van der Waals surface area contributed by atoms with Gasteiger partial charge in [0.25, 0.3) is 0 Å². The van der Waals surface area contributed by atoms with E-state index in [-0.39, 0.29) is 29.8 Å². The molecule has 1 heterocycles. The average Bonchev–Trinajstić information content (AvgIpc) is 3.01. The molecule has 26 heavy (non-hydrogen) atoms. The Labute approximate surface area is 172 Å². The molecule has 0 saturated heterocycles. The minimum Gasteiger partial charge on any atom is -0.361 e. The lowest BCUT2D eigenvalue weighted by Gasteiger charge is -2.17. The third-order valence-corrected chi connectivity index (χ3v) is 4.34. The second-order valence-corrected chi connectivity index (χ2v) is 5.97. The van der Waals surface area contributed by atoms with Crippen molar-refractivity contribution in [1.82, 2.24) is 20.5 Å². The highest BCUT2D eigenvalue weighted by Gasteiger charge is 2.05. The normalized spacial score (nSPS) is 11.7. The maximum Gasteiger partial charge on any atom is 0.191 e. The molecule has 5 nitrogen and oxygen atoms in total. The fraction of sp³-hybridized carbons (Fsp3) is 0.526. The van der Waals surface area contributed by atoms with Crippen LogP contribution in [0.1, 0.15) is 26.3 Å². The summed E-state index contributed by atoms with van der Waals surface area (Å²) in [5.41, 5.74) is 2.08. The van der Waals surface area contributed by atoms with Crippen LogP contribution in [0, 0.1) is 5.82 Å². The largest absolute Gasteiger partial charge is 0.361 e. The van der Waals surface area contributed by atoms with E-state index in [1.54, 1.807) is 12.1 Å². The van der Waals surface area contributed by atoms with E-state index in [4.69, 9.17) is 0 Å². The lowest BCUT2D eigenvalue weighted by molar-refractivity contribution is 0.313. The molecule has 0 radical (unpaired) electrons. The zero-order valence-electron chi connectivity index (χ0n) is 15.9. The number of hydrogen-bond donors (Lipinski definition) is 3. The van der Waals surface area contributed by atoms with Crippen LogP contribution in [0.25, 0.3) is 10.9 Å². The van der Waals surface area contributed by atoms with E-state index in [1.165, 1.54) is 6.07 Å². The van der Waals surface area contributed by atoms with E-state index in [9.17, 15) is 4.39 Å². The van der Waals surface area contributed by atoms with Crippen LogP contribution >= 0.6 is 24.0 Å². The van der Waals surface area contributed by atoms with Crippen molar-refractivity contribution in [3.63, 3.8) is 0 Å². The molecule has 1 aromatic carbocycles. The Balaban J connectivity index is 0.00000338. The Hall–Kier alpha value is -1.35. The number of nitrogens with zero attached hydrogens (tertiary/aromatic N) is 2. The van der Waals surface area contributed by atoms with Gasteiger partial charge in [-0.1, -0.05) is 13.8 Å².